The van der Waals surface area contributed by atoms with Gasteiger partial charge < -0.3 is 4.74 Å². The first-order valence-electron chi connectivity index (χ1n) is 10.5. The van der Waals surface area contributed by atoms with E-state index in [2.05, 4.69) is 19.1 Å². The van der Waals surface area contributed by atoms with Crippen LogP contribution in [-0.2, 0) is 11.2 Å². The van der Waals surface area contributed by atoms with E-state index < -0.39 is 4.92 Å². The molecule has 0 aliphatic heterocycles. The Hall–Kier alpha value is -2.69. The largest absolute Gasteiger partial charge is 0.450 e. The van der Waals surface area contributed by atoms with E-state index in [1.165, 1.54) is 17.2 Å². The molecule has 0 radical (unpaired) electrons. The van der Waals surface area contributed by atoms with Gasteiger partial charge in [-0.25, -0.2) is 0 Å². The number of ether oxygens (including phenoxy) is 1. The third-order valence-corrected chi connectivity index (χ3v) is 7.70. The summed E-state index contributed by atoms with van der Waals surface area (Å²) in [4.78, 5) is 23.3. The second kappa shape index (κ2) is 6.68. The first kappa shape index (κ1) is 18.3. The van der Waals surface area contributed by atoms with Gasteiger partial charge in [-0.05, 0) is 79.2 Å². The third-order valence-electron chi connectivity index (χ3n) is 7.70. The van der Waals surface area contributed by atoms with Gasteiger partial charge in [-0.15, -0.1) is 0 Å². The minimum Gasteiger partial charge on any atom is -0.450 e. The molecule has 0 bridgehead atoms. The summed E-state index contributed by atoms with van der Waals surface area (Å²) in [5.41, 5.74) is 2.55. The number of aryl methyl sites for hydroxylation is 1. The number of benzene rings is 2. The molecule has 3 aliphatic rings. The van der Waals surface area contributed by atoms with E-state index in [0.29, 0.717) is 29.3 Å². The molecule has 2 aromatic carbocycles. The van der Waals surface area contributed by atoms with Crippen LogP contribution in [0.25, 0.3) is 0 Å². The summed E-state index contributed by atoms with van der Waals surface area (Å²) in [6, 6.07) is 12.6. The third kappa shape index (κ3) is 2.86. The molecule has 3 aliphatic carbocycles. The average molecular weight is 391 g/mol. The van der Waals surface area contributed by atoms with E-state index in [4.69, 9.17) is 4.74 Å². The Morgan fingerprint density at radius 3 is 2.76 bits per heavy atom. The van der Waals surface area contributed by atoms with Crippen molar-refractivity contribution in [3.8, 4) is 11.5 Å². The first-order valence-corrected chi connectivity index (χ1v) is 10.5. The monoisotopic (exact) mass is 391 g/mol. The first-order chi connectivity index (χ1) is 14.0. The molecule has 5 nitrogen and oxygen atoms in total. The average Bonchev–Trinajstić information content (AvgIpc) is 3.02. The number of nitro benzene ring substituents is 1. The smallest absolute Gasteiger partial charge is 0.311 e. The summed E-state index contributed by atoms with van der Waals surface area (Å²) < 4.78 is 5.89. The Morgan fingerprint density at radius 2 is 1.93 bits per heavy atom. The molecule has 2 saturated carbocycles. The zero-order chi connectivity index (χ0) is 20.2. The van der Waals surface area contributed by atoms with E-state index in [9.17, 15) is 14.9 Å². The Bertz CT molecular complexity index is 1000. The van der Waals surface area contributed by atoms with Gasteiger partial charge in [0.25, 0.3) is 0 Å². The molecule has 0 spiro atoms. The number of Topliss-reactive ketones (excluding diaryl/α,β-unsaturated/α-hetero) is 1. The molecule has 0 N–H and O–H groups in total. The van der Waals surface area contributed by atoms with Crippen LogP contribution in [0.2, 0.25) is 0 Å². The van der Waals surface area contributed by atoms with Crippen molar-refractivity contribution in [3.05, 3.63) is 63.7 Å². The van der Waals surface area contributed by atoms with Crippen LogP contribution in [-0.4, -0.2) is 10.7 Å². The zero-order valence-corrected chi connectivity index (χ0v) is 16.6. The second-order valence-electron chi connectivity index (χ2n) is 9.02. The number of para-hydroxylation sites is 2. The molecule has 5 heteroatoms. The minimum absolute atomic E-state index is 0.0252. The van der Waals surface area contributed by atoms with E-state index in [0.717, 1.165) is 38.5 Å². The summed E-state index contributed by atoms with van der Waals surface area (Å²) in [6.45, 7) is 2.20. The van der Waals surface area contributed by atoms with Crippen LogP contribution in [0.1, 0.15) is 56.1 Å². The Morgan fingerprint density at radius 1 is 1.10 bits per heavy atom. The molecular weight excluding hydrogens is 366 g/mol. The van der Waals surface area contributed by atoms with Crippen LogP contribution in [0.15, 0.2) is 42.5 Å². The van der Waals surface area contributed by atoms with Gasteiger partial charge in [-0.1, -0.05) is 25.1 Å². The lowest BCUT2D eigenvalue weighted by Crippen LogP contribution is -2.42. The quantitative estimate of drug-likeness (QED) is 0.489. The summed E-state index contributed by atoms with van der Waals surface area (Å²) in [6.07, 6.45) is 5.95. The van der Waals surface area contributed by atoms with Gasteiger partial charge >= 0.3 is 5.69 Å². The van der Waals surface area contributed by atoms with Crippen LogP contribution < -0.4 is 4.74 Å². The number of carbonyl (C=O) groups is 1. The van der Waals surface area contributed by atoms with E-state index in [-0.39, 0.29) is 16.9 Å². The molecule has 2 fully saturated rings. The standard InChI is InChI=1S/C24H25NO4/c1-24-13-12-18-17-9-7-16(29-22-5-3-2-4-21(22)25(27)28)14-15(17)6-8-19(18)20(24)10-11-23(24)26/h2-5,7,9,14,18-20H,6,8,10-13H2,1H3. The van der Waals surface area contributed by atoms with Gasteiger partial charge in [0.1, 0.15) is 11.5 Å². The van der Waals surface area contributed by atoms with Gasteiger partial charge in [0, 0.05) is 17.9 Å². The summed E-state index contributed by atoms with van der Waals surface area (Å²) in [7, 11) is 0. The highest BCUT2D eigenvalue weighted by Gasteiger charge is 2.54. The van der Waals surface area contributed by atoms with E-state index in [1.807, 2.05) is 6.07 Å². The Balaban J connectivity index is 1.42. The van der Waals surface area contributed by atoms with Crippen LogP contribution in [0.5, 0.6) is 11.5 Å². The highest BCUT2D eigenvalue weighted by molar-refractivity contribution is 5.87. The van der Waals surface area contributed by atoms with Crippen LogP contribution in [0, 0.1) is 27.4 Å². The van der Waals surface area contributed by atoms with Crippen molar-refractivity contribution in [3.63, 3.8) is 0 Å². The van der Waals surface area contributed by atoms with Crippen LogP contribution >= 0.6 is 0 Å². The zero-order valence-electron chi connectivity index (χ0n) is 16.6. The number of rotatable bonds is 3. The fourth-order valence-corrected chi connectivity index (χ4v) is 6.21. The number of hydrogen-bond donors (Lipinski definition) is 0. The van der Waals surface area contributed by atoms with Crippen molar-refractivity contribution in [1.82, 2.24) is 0 Å². The fourth-order valence-electron chi connectivity index (χ4n) is 6.21. The van der Waals surface area contributed by atoms with Gasteiger partial charge in [0.05, 0.1) is 4.92 Å². The molecule has 4 unspecified atom stereocenters. The van der Waals surface area contributed by atoms with Gasteiger partial charge in [-0.2, -0.15) is 0 Å². The highest BCUT2D eigenvalue weighted by Crippen LogP contribution is 2.59. The number of fused-ring (bicyclic) bond motifs is 5. The molecule has 0 heterocycles. The Kier molecular flexibility index (Phi) is 4.23. The summed E-state index contributed by atoms with van der Waals surface area (Å²) in [5, 5.41) is 11.2. The van der Waals surface area contributed by atoms with Gasteiger partial charge in [0.2, 0.25) is 5.75 Å². The predicted molar refractivity (Wildman–Crippen MR) is 109 cm³/mol. The minimum atomic E-state index is -0.416. The molecule has 29 heavy (non-hydrogen) atoms. The van der Waals surface area contributed by atoms with Crippen molar-refractivity contribution in [2.24, 2.45) is 17.3 Å². The van der Waals surface area contributed by atoms with Crippen LogP contribution in [0.3, 0.4) is 0 Å². The molecule has 0 amide bonds. The molecular formula is C24H25NO4. The maximum atomic E-state index is 12.5. The van der Waals surface area contributed by atoms with E-state index in [1.54, 1.807) is 18.2 Å². The number of nitrogens with zero attached hydrogens (tertiary/aromatic N) is 1. The number of ketones is 1. The van der Waals surface area contributed by atoms with Crippen molar-refractivity contribution >= 4 is 11.5 Å². The van der Waals surface area contributed by atoms with Crippen molar-refractivity contribution in [2.45, 2.75) is 51.4 Å². The molecule has 2 aromatic rings. The van der Waals surface area contributed by atoms with Crippen LogP contribution in [0.4, 0.5) is 5.69 Å². The lowest BCUT2D eigenvalue weighted by atomic mass is 9.55. The van der Waals surface area contributed by atoms with Gasteiger partial charge in [0.15, 0.2) is 0 Å². The fraction of sp³-hybridized carbons (Fsp3) is 0.458. The lowest BCUT2D eigenvalue weighted by Gasteiger charge is -2.48. The van der Waals surface area contributed by atoms with Crippen molar-refractivity contribution < 1.29 is 14.5 Å². The Labute approximate surface area is 170 Å². The number of carbonyl (C=O) groups excluding carboxylic acids is 1. The topological polar surface area (TPSA) is 69.4 Å². The summed E-state index contributed by atoms with van der Waals surface area (Å²) in [5.74, 6) is 3.01. The number of hydrogen-bond acceptors (Lipinski definition) is 4. The van der Waals surface area contributed by atoms with Crippen molar-refractivity contribution in [1.29, 1.82) is 0 Å². The summed E-state index contributed by atoms with van der Waals surface area (Å²) >= 11 is 0. The predicted octanol–water partition coefficient (Wildman–Crippen LogP) is 5.81. The lowest BCUT2D eigenvalue weighted by molar-refractivity contribution is -0.385. The molecule has 4 atom stereocenters. The maximum Gasteiger partial charge on any atom is 0.311 e. The molecule has 0 aromatic heterocycles. The van der Waals surface area contributed by atoms with E-state index >= 15 is 0 Å². The second-order valence-corrected chi connectivity index (χ2v) is 9.02. The normalized spacial score (nSPS) is 30.2. The SMILES string of the molecule is CC12CCC3c4ccc(Oc5ccccc5[N+](=O)[O-])cc4CCC3C1CCC2=O. The molecule has 150 valence electrons. The molecule has 0 saturated heterocycles. The highest BCUT2D eigenvalue weighted by atomic mass is 16.6. The molecule has 5 rings (SSSR count). The van der Waals surface area contributed by atoms with Crippen molar-refractivity contribution in [2.75, 3.05) is 0 Å². The number of nitro groups is 1. The van der Waals surface area contributed by atoms with Gasteiger partial charge in [-0.3, -0.25) is 14.9 Å². The maximum absolute atomic E-state index is 12.5.